The van der Waals surface area contributed by atoms with Crippen molar-refractivity contribution in [2.24, 2.45) is 0 Å². The predicted octanol–water partition coefficient (Wildman–Crippen LogP) is 1.16. The molecule has 100 valence electrons. The van der Waals surface area contributed by atoms with Crippen LogP contribution in [-0.2, 0) is 4.74 Å². The number of nitrogens with zero attached hydrogens (tertiary/aromatic N) is 4. The maximum atomic E-state index is 11.5. The molecule has 6 nitrogen and oxygen atoms in total. The zero-order chi connectivity index (χ0) is 13.4. The van der Waals surface area contributed by atoms with E-state index in [0.717, 1.165) is 18.9 Å². The SMILES string of the molecule is CC(=O)c1cnn2ccc(N3CCO[C@H](C)C3)nc12. The first-order valence-corrected chi connectivity index (χ1v) is 6.37. The Kier molecular flexibility index (Phi) is 2.94. The number of ketones is 1. The molecular weight excluding hydrogens is 244 g/mol. The molecule has 1 fully saturated rings. The highest BCUT2D eigenvalue weighted by atomic mass is 16.5. The predicted molar refractivity (Wildman–Crippen MR) is 70.6 cm³/mol. The lowest BCUT2D eigenvalue weighted by Gasteiger charge is -2.31. The molecule has 2 aromatic rings. The summed E-state index contributed by atoms with van der Waals surface area (Å²) in [7, 11) is 0. The monoisotopic (exact) mass is 260 g/mol. The molecule has 0 N–H and O–H groups in total. The molecule has 3 rings (SSSR count). The fraction of sp³-hybridized carbons (Fsp3) is 0.462. The molecule has 2 aromatic heterocycles. The van der Waals surface area contributed by atoms with Gasteiger partial charge in [-0.3, -0.25) is 4.79 Å². The minimum absolute atomic E-state index is 0.0185. The molecule has 0 unspecified atom stereocenters. The summed E-state index contributed by atoms with van der Waals surface area (Å²) in [6.45, 7) is 5.91. The van der Waals surface area contributed by atoms with Crippen molar-refractivity contribution in [2.45, 2.75) is 20.0 Å². The zero-order valence-corrected chi connectivity index (χ0v) is 11.0. The van der Waals surface area contributed by atoms with Crippen LogP contribution in [-0.4, -0.2) is 46.2 Å². The molecule has 0 aliphatic carbocycles. The summed E-state index contributed by atoms with van der Waals surface area (Å²) in [4.78, 5) is 18.3. The lowest BCUT2D eigenvalue weighted by Crippen LogP contribution is -2.41. The van der Waals surface area contributed by atoms with Crippen molar-refractivity contribution in [1.82, 2.24) is 14.6 Å². The van der Waals surface area contributed by atoms with Crippen molar-refractivity contribution >= 4 is 17.2 Å². The second-order valence-corrected chi connectivity index (χ2v) is 4.80. The summed E-state index contributed by atoms with van der Waals surface area (Å²) in [6.07, 6.45) is 3.60. The molecule has 0 amide bonds. The van der Waals surface area contributed by atoms with Crippen LogP contribution in [0.1, 0.15) is 24.2 Å². The second-order valence-electron chi connectivity index (χ2n) is 4.80. The molecular formula is C13H16N4O2. The van der Waals surface area contributed by atoms with Crippen LogP contribution in [0.5, 0.6) is 0 Å². The fourth-order valence-corrected chi connectivity index (χ4v) is 2.31. The second kappa shape index (κ2) is 4.62. The van der Waals surface area contributed by atoms with Gasteiger partial charge in [-0.25, -0.2) is 9.50 Å². The van der Waals surface area contributed by atoms with E-state index in [1.807, 2.05) is 19.2 Å². The molecule has 1 saturated heterocycles. The first-order valence-electron chi connectivity index (χ1n) is 6.37. The third kappa shape index (κ3) is 2.19. The average molecular weight is 260 g/mol. The Morgan fingerprint density at radius 1 is 1.53 bits per heavy atom. The van der Waals surface area contributed by atoms with Crippen LogP contribution >= 0.6 is 0 Å². The standard InChI is InChI=1S/C13H16N4O2/c1-9-8-16(5-6-19-9)12-3-4-17-13(15-12)11(7-14-17)10(2)18/h3-4,7,9H,5-6,8H2,1-2H3/t9-/m1/s1. The number of morpholine rings is 1. The van der Waals surface area contributed by atoms with E-state index in [1.165, 1.54) is 6.92 Å². The van der Waals surface area contributed by atoms with Crippen LogP contribution in [0.4, 0.5) is 5.82 Å². The molecule has 1 atom stereocenters. The Balaban J connectivity index is 2.00. The van der Waals surface area contributed by atoms with E-state index >= 15 is 0 Å². The summed E-state index contributed by atoms with van der Waals surface area (Å²) in [5.41, 5.74) is 1.17. The van der Waals surface area contributed by atoms with Gasteiger partial charge >= 0.3 is 0 Å². The summed E-state index contributed by atoms with van der Waals surface area (Å²) in [6, 6.07) is 1.92. The molecule has 0 aromatic carbocycles. The minimum atomic E-state index is -0.0185. The molecule has 0 saturated carbocycles. The fourth-order valence-electron chi connectivity index (χ4n) is 2.31. The Hall–Kier alpha value is -1.95. The highest BCUT2D eigenvalue weighted by molar-refractivity contribution is 5.99. The smallest absolute Gasteiger partial charge is 0.168 e. The molecule has 1 aliphatic heterocycles. The Morgan fingerprint density at radius 2 is 2.37 bits per heavy atom. The van der Waals surface area contributed by atoms with Crippen molar-refractivity contribution in [1.29, 1.82) is 0 Å². The molecule has 0 spiro atoms. The highest BCUT2D eigenvalue weighted by Crippen LogP contribution is 2.18. The van der Waals surface area contributed by atoms with E-state index in [9.17, 15) is 4.79 Å². The lowest BCUT2D eigenvalue weighted by atomic mass is 10.2. The first-order chi connectivity index (χ1) is 9.15. The van der Waals surface area contributed by atoms with Gasteiger partial charge in [0.2, 0.25) is 0 Å². The van der Waals surface area contributed by atoms with Gasteiger partial charge in [0.25, 0.3) is 0 Å². The van der Waals surface area contributed by atoms with E-state index in [4.69, 9.17) is 4.74 Å². The van der Waals surface area contributed by atoms with Gasteiger partial charge in [-0.05, 0) is 19.9 Å². The van der Waals surface area contributed by atoms with Gasteiger partial charge in [0, 0.05) is 19.3 Å². The Morgan fingerprint density at radius 3 is 3.11 bits per heavy atom. The van der Waals surface area contributed by atoms with Crippen LogP contribution in [0.3, 0.4) is 0 Å². The number of hydrogen-bond acceptors (Lipinski definition) is 5. The number of carbonyl (C=O) groups excluding carboxylic acids is 1. The van der Waals surface area contributed by atoms with Crippen molar-refractivity contribution in [3.8, 4) is 0 Å². The van der Waals surface area contributed by atoms with Crippen molar-refractivity contribution in [2.75, 3.05) is 24.6 Å². The number of anilines is 1. The number of Topliss-reactive ketones (excluding diaryl/α,β-unsaturated/α-hetero) is 1. The van der Waals surface area contributed by atoms with Gasteiger partial charge < -0.3 is 9.64 Å². The van der Waals surface area contributed by atoms with Crippen molar-refractivity contribution < 1.29 is 9.53 Å². The van der Waals surface area contributed by atoms with Gasteiger partial charge in [-0.2, -0.15) is 5.10 Å². The average Bonchev–Trinajstić information content (AvgIpc) is 2.81. The number of ether oxygens (including phenoxy) is 1. The molecule has 0 radical (unpaired) electrons. The van der Waals surface area contributed by atoms with Gasteiger partial charge in [-0.15, -0.1) is 0 Å². The normalized spacial score (nSPS) is 19.9. The van der Waals surface area contributed by atoms with Crippen molar-refractivity contribution in [3.05, 3.63) is 24.0 Å². The largest absolute Gasteiger partial charge is 0.375 e. The number of hydrogen-bond donors (Lipinski definition) is 0. The number of fused-ring (bicyclic) bond motifs is 1. The number of aromatic nitrogens is 3. The van der Waals surface area contributed by atoms with Crippen molar-refractivity contribution in [3.63, 3.8) is 0 Å². The quantitative estimate of drug-likeness (QED) is 0.758. The van der Waals surface area contributed by atoms with Gasteiger partial charge in [0.05, 0.1) is 24.5 Å². The third-order valence-corrected chi connectivity index (χ3v) is 3.30. The van der Waals surface area contributed by atoms with E-state index in [1.54, 1.807) is 10.7 Å². The molecule has 6 heteroatoms. The topological polar surface area (TPSA) is 59.7 Å². The Labute approximate surface area is 111 Å². The molecule has 3 heterocycles. The van der Waals surface area contributed by atoms with E-state index in [2.05, 4.69) is 15.0 Å². The minimum Gasteiger partial charge on any atom is -0.375 e. The van der Waals surface area contributed by atoms with Crippen LogP contribution in [0.2, 0.25) is 0 Å². The van der Waals surface area contributed by atoms with Gasteiger partial charge in [0.1, 0.15) is 5.82 Å². The number of rotatable bonds is 2. The van der Waals surface area contributed by atoms with Crippen LogP contribution in [0.15, 0.2) is 18.5 Å². The summed E-state index contributed by atoms with van der Waals surface area (Å²) in [5.74, 6) is 0.848. The zero-order valence-electron chi connectivity index (χ0n) is 11.0. The summed E-state index contributed by atoms with van der Waals surface area (Å²) >= 11 is 0. The van der Waals surface area contributed by atoms with Crippen LogP contribution in [0.25, 0.3) is 5.65 Å². The lowest BCUT2D eigenvalue weighted by molar-refractivity contribution is 0.0529. The summed E-state index contributed by atoms with van der Waals surface area (Å²) < 4.78 is 7.15. The van der Waals surface area contributed by atoms with E-state index < -0.39 is 0 Å². The van der Waals surface area contributed by atoms with Crippen LogP contribution in [0, 0.1) is 0 Å². The third-order valence-electron chi connectivity index (χ3n) is 3.30. The molecule has 1 aliphatic rings. The Bertz CT molecular complexity index is 622. The van der Waals surface area contributed by atoms with Gasteiger partial charge in [-0.1, -0.05) is 0 Å². The maximum Gasteiger partial charge on any atom is 0.168 e. The number of carbonyl (C=O) groups is 1. The highest BCUT2D eigenvalue weighted by Gasteiger charge is 2.19. The first kappa shape index (κ1) is 12.1. The van der Waals surface area contributed by atoms with E-state index in [-0.39, 0.29) is 11.9 Å². The summed E-state index contributed by atoms with van der Waals surface area (Å²) in [5, 5.41) is 4.13. The van der Waals surface area contributed by atoms with Gasteiger partial charge in [0.15, 0.2) is 11.4 Å². The van der Waals surface area contributed by atoms with E-state index in [0.29, 0.717) is 17.8 Å². The molecule has 19 heavy (non-hydrogen) atoms. The molecule has 0 bridgehead atoms. The van der Waals surface area contributed by atoms with Crippen LogP contribution < -0.4 is 4.90 Å². The maximum absolute atomic E-state index is 11.5.